The van der Waals surface area contributed by atoms with Crippen molar-refractivity contribution in [2.45, 2.75) is 33.4 Å². The third-order valence-corrected chi connectivity index (χ3v) is 6.64. The van der Waals surface area contributed by atoms with E-state index in [1.54, 1.807) is 35.5 Å². The van der Waals surface area contributed by atoms with Gasteiger partial charge in [-0.3, -0.25) is 4.79 Å². The Morgan fingerprint density at radius 3 is 2.31 bits per heavy atom. The van der Waals surface area contributed by atoms with Gasteiger partial charge in [-0.25, -0.2) is 9.18 Å². The van der Waals surface area contributed by atoms with Crippen molar-refractivity contribution in [2.75, 3.05) is 32.1 Å². The molecule has 0 saturated carbocycles. The Morgan fingerprint density at radius 1 is 0.971 bits per heavy atom. The molecule has 1 aromatic heterocycles. The maximum absolute atomic E-state index is 13.5. The van der Waals surface area contributed by atoms with Crippen molar-refractivity contribution in [1.82, 2.24) is 9.80 Å². The lowest BCUT2D eigenvalue weighted by atomic mass is 10.2. The van der Waals surface area contributed by atoms with E-state index in [9.17, 15) is 14.0 Å². The number of hydrogen-bond acceptors (Lipinski definition) is 4. The number of amides is 3. The summed E-state index contributed by atoms with van der Waals surface area (Å²) in [6.45, 7) is 5.51. The highest BCUT2D eigenvalue weighted by Gasteiger charge is 2.23. The maximum atomic E-state index is 13.5. The first-order valence-corrected chi connectivity index (χ1v) is 12.4. The zero-order chi connectivity index (χ0) is 25.2. The van der Waals surface area contributed by atoms with Crippen molar-refractivity contribution < 1.29 is 18.7 Å². The number of carbonyl (C=O) groups is 2. The molecule has 0 fully saturated rings. The maximum Gasteiger partial charge on any atom is 0.322 e. The Morgan fingerprint density at radius 2 is 1.69 bits per heavy atom. The zero-order valence-electron chi connectivity index (χ0n) is 20.4. The minimum absolute atomic E-state index is 0.0764. The normalized spacial score (nSPS) is 10.7. The molecular weight excluding hydrogens is 465 g/mol. The highest BCUT2D eigenvalue weighted by molar-refractivity contribution is 7.10. The first-order chi connectivity index (χ1) is 16.9. The van der Waals surface area contributed by atoms with E-state index in [1.165, 1.54) is 17.0 Å². The standard InChI is InChI=1S/C27H32FN3O3S/c1-20-5-11-24(12-6-20)29-27(33)30(14-4-15-34-3)19-26(32)31(18-25-21(2)13-16-35-25)17-22-7-9-23(28)10-8-22/h5-13,16H,4,14-15,17-19H2,1-3H3,(H,29,33). The Hall–Kier alpha value is -3.23. The van der Waals surface area contributed by atoms with Crippen molar-refractivity contribution in [1.29, 1.82) is 0 Å². The van der Waals surface area contributed by atoms with E-state index in [0.29, 0.717) is 38.3 Å². The number of nitrogens with zero attached hydrogens (tertiary/aromatic N) is 2. The van der Waals surface area contributed by atoms with Gasteiger partial charge in [0.2, 0.25) is 5.91 Å². The molecule has 0 bridgehead atoms. The molecule has 0 atom stereocenters. The SMILES string of the molecule is COCCCN(CC(=O)N(Cc1ccc(F)cc1)Cc1sccc1C)C(=O)Nc1ccc(C)cc1. The summed E-state index contributed by atoms with van der Waals surface area (Å²) >= 11 is 1.59. The first kappa shape index (κ1) is 26.4. The van der Waals surface area contributed by atoms with E-state index >= 15 is 0 Å². The third kappa shape index (κ3) is 8.19. The molecule has 35 heavy (non-hydrogen) atoms. The van der Waals surface area contributed by atoms with E-state index in [-0.39, 0.29) is 24.3 Å². The largest absolute Gasteiger partial charge is 0.385 e. The van der Waals surface area contributed by atoms with Gasteiger partial charge in [-0.2, -0.15) is 0 Å². The van der Waals surface area contributed by atoms with Crippen LogP contribution in [0.1, 0.15) is 28.0 Å². The van der Waals surface area contributed by atoms with E-state index in [1.807, 2.05) is 49.6 Å². The Balaban J connectivity index is 1.76. The van der Waals surface area contributed by atoms with Crippen molar-refractivity contribution in [3.63, 3.8) is 0 Å². The van der Waals surface area contributed by atoms with Crippen molar-refractivity contribution >= 4 is 29.0 Å². The summed E-state index contributed by atoms with van der Waals surface area (Å²) in [6.07, 6.45) is 0.604. The molecule has 186 valence electrons. The van der Waals surface area contributed by atoms with Crippen LogP contribution in [0.3, 0.4) is 0 Å². The highest BCUT2D eigenvalue weighted by Crippen LogP contribution is 2.20. The predicted octanol–water partition coefficient (Wildman–Crippen LogP) is 5.60. The molecule has 0 unspecified atom stereocenters. The number of urea groups is 1. The van der Waals surface area contributed by atoms with Gasteiger partial charge in [0.25, 0.3) is 0 Å². The monoisotopic (exact) mass is 497 g/mol. The fourth-order valence-corrected chi connectivity index (χ4v) is 4.46. The van der Waals surface area contributed by atoms with Crippen LogP contribution in [0.5, 0.6) is 0 Å². The molecule has 8 heteroatoms. The van der Waals surface area contributed by atoms with Gasteiger partial charge in [0.1, 0.15) is 12.4 Å². The minimum atomic E-state index is -0.340. The Labute approximate surface area is 210 Å². The number of anilines is 1. The number of benzene rings is 2. The van der Waals surface area contributed by atoms with Crippen LogP contribution in [0.25, 0.3) is 0 Å². The zero-order valence-corrected chi connectivity index (χ0v) is 21.2. The first-order valence-electron chi connectivity index (χ1n) is 11.5. The van der Waals surface area contributed by atoms with Crippen LogP contribution in [0.15, 0.2) is 60.0 Å². The number of hydrogen-bond donors (Lipinski definition) is 1. The molecular formula is C27H32FN3O3S. The summed E-state index contributed by atoms with van der Waals surface area (Å²) in [5, 5.41) is 4.88. The number of halogens is 1. The Bertz CT molecular complexity index is 1100. The van der Waals surface area contributed by atoms with E-state index in [4.69, 9.17) is 4.74 Å². The van der Waals surface area contributed by atoms with Crippen LogP contribution in [-0.2, 0) is 22.6 Å². The fraction of sp³-hybridized carbons (Fsp3) is 0.333. The van der Waals surface area contributed by atoms with Gasteiger partial charge >= 0.3 is 6.03 Å². The molecule has 3 rings (SSSR count). The molecule has 0 spiro atoms. The predicted molar refractivity (Wildman–Crippen MR) is 138 cm³/mol. The molecule has 0 aliphatic rings. The molecule has 6 nitrogen and oxygen atoms in total. The number of nitrogens with one attached hydrogen (secondary N) is 1. The molecule has 2 aromatic carbocycles. The number of carbonyl (C=O) groups excluding carboxylic acids is 2. The van der Waals surface area contributed by atoms with Gasteiger partial charge in [0.05, 0.1) is 6.54 Å². The number of aryl methyl sites for hydroxylation is 2. The topological polar surface area (TPSA) is 61.9 Å². The average molecular weight is 498 g/mol. The van der Waals surface area contributed by atoms with Crippen LogP contribution in [0.2, 0.25) is 0 Å². The second-order valence-electron chi connectivity index (χ2n) is 8.47. The van der Waals surface area contributed by atoms with Gasteiger partial charge in [0, 0.05) is 37.4 Å². The van der Waals surface area contributed by atoms with Crippen molar-refractivity contribution in [3.8, 4) is 0 Å². The van der Waals surface area contributed by atoms with E-state index in [2.05, 4.69) is 5.32 Å². The highest BCUT2D eigenvalue weighted by atomic mass is 32.1. The number of thiophene rings is 1. The molecule has 1 N–H and O–H groups in total. The van der Waals surface area contributed by atoms with Gasteiger partial charge in [-0.15, -0.1) is 11.3 Å². The summed E-state index contributed by atoms with van der Waals surface area (Å²) in [5.41, 5.74) is 3.70. The quantitative estimate of drug-likeness (QED) is 0.351. The molecule has 3 aromatic rings. The fourth-order valence-electron chi connectivity index (χ4n) is 3.54. The second-order valence-corrected chi connectivity index (χ2v) is 9.47. The summed E-state index contributed by atoms with van der Waals surface area (Å²) in [7, 11) is 1.61. The number of methoxy groups -OCH3 is 1. The summed E-state index contributed by atoms with van der Waals surface area (Å²) in [4.78, 5) is 30.9. The van der Waals surface area contributed by atoms with Crippen molar-refractivity contribution in [2.24, 2.45) is 0 Å². The van der Waals surface area contributed by atoms with Crippen LogP contribution < -0.4 is 5.32 Å². The smallest absolute Gasteiger partial charge is 0.322 e. The van der Waals surface area contributed by atoms with Crippen LogP contribution in [0.4, 0.5) is 14.9 Å². The average Bonchev–Trinajstić information content (AvgIpc) is 3.25. The number of ether oxygens (including phenoxy) is 1. The van der Waals surface area contributed by atoms with Crippen LogP contribution >= 0.6 is 11.3 Å². The van der Waals surface area contributed by atoms with Crippen molar-refractivity contribution in [3.05, 3.63) is 87.4 Å². The number of rotatable bonds is 11. The summed E-state index contributed by atoms with van der Waals surface area (Å²) < 4.78 is 18.6. The summed E-state index contributed by atoms with van der Waals surface area (Å²) in [6, 6.07) is 15.3. The van der Waals surface area contributed by atoms with E-state index < -0.39 is 0 Å². The molecule has 0 aliphatic carbocycles. The molecule has 0 aliphatic heterocycles. The molecule has 0 saturated heterocycles. The molecule has 1 heterocycles. The lowest BCUT2D eigenvalue weighted by Gasteiger charge is -2.28. The van der Waals surface area contributed by atoms with Crippen LogP contribution in [-0.4, -0.2) is 48.5 Å². The third-order valence-electron chi connectivity index (χ3n) is 5.63. The minimum Gasteiger partial charge on any atom is -0.385 e. The lowest BCUT2D eigenvalue weighted by molar-refractivity contribution is -0.133. The van der Waals surface area contributed by atoms with Gasteiger partial charge < -0.3 is 19.9 Å². The van der Waals surface area contributed by atoms with Gasteiger partial charge in [-0.1, -0.05) is 29.8 Å². The van der Waals surface area contributed by atoms with Gasteiger partial charge in [-0.05, 0) is 67.1 Å². The van der Waals surface area contributed by atoms with Crippen LogP contribution in [0, 0.1) is 19.7 Å². The Kier molecular flexibility index (Phi) is 9.81. The van der Waals surface area contributed by atoms with Gasteiger partial charge in [0.15, 0.2) is 0 Å². The molecule has 0 radical (unpaired) electrons. The lowest BCUT2D eigenvalue weighted by Crippen LogP contribution is -2.44. The van der Waals surface area contributed by atoms with E-state index in [0.717, 1.165) is 21.6 Å². The molecule has 3 amide bonds. The second kappa shape index (κ2) is 13.0. The summed E-state index contributed by atoms with van der Waals surface area (Å²) in [5.74, 6) is -0.503.